The summed E-state index contributed by atoms with van der Waals surface area (Å²) in [6, 6.07) is 18.8. The molecule has 1 aliphatic heterocycles. The predicted octanol–water partition coefficient (Wildman–Crippen LogP) is 3.35. The van der Waals surface area contributed by atoms with E-state index >= 15 is 0 Å². The van der Waals surface area contributed by atoms with Gasteiger partial charge in [0.2, 0.25) is 0 Å². The van der Waals surface area contributed by atoms with E-state index in [1.54, 1.807) is 0 Å². The third-order valence-corrected chi connectivity index (χ3v) is 4.66. The van der Waals surface area contributed by atoms with Crippen molar-refractivity contribution in [2.75, 3.05) is 38.2 Å². The van der Waals surface area contributed by atoms with E-state index in [0.29, 0.717) is 5.11 Å². The summed E-state index contributed by atoms with van der Waals surface area (Å²) in [6.07, 6.45) is 0. The highest BCUT2D eigenvalue weighted by Crippen LogP contribution is 2.17. The number of nitrogens with zero attached hydrogens (tertiary/aromatic N) is 1. The largest absolute Gasteiger partial charge is 0.379 e. The molecule has 1 heterocycles. The third kappa shape index (κ3) is 5.26. The quantitative estimate of drug-likeness (QED) is 0.805. The minimum Gasteiger partial charge on any atom is -0.379 e. The Kier molecular flexibility index (Phi) is 6.39. The van der Waals surface area contributed by atoms with Crippen LogP contribution in [0.15, 0.2) is 54.6 Å². The molecule has 1 saturated heterocycles. The van der Waals surface area contributed by atoms with Gasteiger partial charge in [-0.05, 0) is 36.3 Å². The summed E-state index contributed by atoms with van der Waals surface area (Å²) in [7, 11) is 0. The lowest BCUT2D eigenvalue weighted by molar-refractivity contribution is 0.0344. The molecular weight excluding hydrogens is 330 g/mol. The van der Waals surface area contributed by atoms with Crippen LogP contribution >= 0.6 is 12.2 Å². The van der Waals surface area contributed by atoms with Gasteiger partial charge in [0.1, 0.15) is 0 Å². The van der Waals surface area contributed by atoms with Crippen LogP contribution in [0.25, 0.3) is 0 Å². The highest BCUT2D eigenvalue weighted by atomic mass is 32.1. The molecule has 132 valence electrons. The number of nitrogens with one attached hydrogen (secondary N) is 2. The first-order valence-corrected chi connectivity index (χ1v) is 9.11. The molecule has 25 heavy (non-hydrogen) atoms. The average Bonchev–Trinajstić information content (AvgIpc) is 2.65. The number of morpholine rings is 1. The smallest absolute Gasteiger partial charge is 0.171 e. The van der Waals surface area contributed by atoms with E-state index in [-0.39, 0.29) is 6.04 Å². The molecule has 0 aromatic heterocycles. The zero-order valence-electron chi connectivity index (χ0n) is 14.6. The number of benzene rings is 2. The van der Waals surface area contributed by atoms with Crippen LogP contribution < -0.4 is 10.6 Å². The van der Waals surface area contributed by atoms with E-state index in [1.807, 2.05) is 24.3 Å². The number of ether oxygens (including phenoxy) is 1. The molecule has 0 amide bonds. The summed E-state index contributed by atoms with van der Waals surface area (Å²) < 4.78 is 5.46. The van der Waals surface area contributed by atoms with Crippen LogP contribution in [0, 0.1) is 6.92 Å². The fourth-order valence-corrected chi connectivity index (χ4v) is 3.24. The van der Waals surface area contributed by atoms with Gasteiger partial charge < -0.3 is 15.4 Å². The van der Waals surface area contributed by atoms with Crippen molar-refractivity contribution in [1.29, 1.82) is 0 Å². The maximum Gasteiger partial charge on any atom is 0.171 e. The third-order valence-electron chi connectivity index (χ3n) is 4.45. The van der Waals surface area contributed by atoms with Gasteiger partial charge in [0.25, 0.3) is 0 Å². The monoisotopic (exact) mass is 355 g/mol. The van der Waals surface area contributed by atoms with Crippen LogP contribution in [0.4, 0.5) is 5.69 Å². The first kappa shape index (κ1) is 17.9. The fraction of sp³-hybridized carbons (Fsp3) is 0.350. The molecule has 1 aliphatic rings. The van der Waals surface area contributed by atoms with Crippen molar-refractivity contribution in [2.45, 2.75) is 13.0 Å². The van der Waals surface area contributed by atoms with Gasteiger partial charge in [0.15, 0.2) is 5.11 Å². The van der Waals surface area contributed by atoms with E-state index < -0.39 is 0 Å². The van der Waals surface area contributed by atoms with Crippen LogP contribution in [0.5, 0.6) is 0 Å². The second-order valence-corrected chi connectivity index (χ2v) is 6.70. The Hall–Kier alpha value is -1.95. The van der Waals surface area contributed by atoms with E-state index in [4.69, 9.17) is 17.0 Å². The van der Waals surface area contributed by atoms with Crippen molar-refractivity contribution in [1.82, 2.24) is 10.2 Å². The lowest BCUT2D eigenvalue weighted by Crippen LogP contribution is -2.44. The summed E-state index contributed by atoms with van der Waals surface area (Å²) in [5, 5.41) is 7.47. The molecule has 2 aromatic carbocycles. The Morgan fingerprint density at radius 2 is 1.76 bits per heavy atom. The number of hydrogen-bond donors (Lipinski definition) is 2. The van der Waals surface area contributed by atoms with Crippen molar-refractivity contribution in [3.63, 3.8) is 0 Å². The van der Waals surface area contributed by atoms with Crippen molar-refractivity contribution < 1.29 is 4.74 Å². The van der Waals surface area contributed by atoms with Gasteiger partial charge in [0, 0.05) is 25.3 Å². The molecule has 0 saturated carbocycles. The van der Waals surface area contributed by atoms with Crippen LogP contribution in [0.3, 0.4) is 0 Å². The van der Waals surface area contributed by atoms with E-state index in [1.165, 1.54) is 11.1 Å². The molecule has 0 unspecified atom stereocenters. The summed E-state index contributed by atoms with van der Waals surface area (Å²) >= 11 is 5.57. The average molecular weight is 356 g/mol. The second-order valence-electron chi connectivity index (χ2n) is 6.29. The topological polar surface area (TPSA) is 36.5 Å². The molecule has 4 nitrogen and oxygen atoms in total. The molecule has 1 fully saturated rings. The first-order valence-electron chi connectivity index (χ1n) is 8.70. The molecule has 5 heteroatoms. The zero-order valence-corrected chi connectivity index (χ0v) is 15.4. The molecule has 2 N–H and O–H groups in total. The molecule has 2 aromatic rings. The number of rotatable bonds is 5. The van der Waals surface area contributed by atoms with Crippen molar-refractivity contribution in [2.24, 2.45) is 0 Å². The van der Waals surface area contributed by atoms with Crippen LogP contribution in [0.1, 0.15) is 17.2 Å². The van der Waals surface area contributed by atoms with E-state index in [0.717, 1.165) is 38.5 Å². The Balaban J connectivity index is 1.68. The first-order chi connectivity index (χ1) is 12.2. The summed E-state index contributed by atoms with van der Waals surface area (Å²) in [5.74, 6) is 0. The Labute approximate surface area is 155 Å². The van der Waals surface area contributed by atoms with Gasteiger partial charge in [-0.15, -0.1) is 0 Å². The normalized spacial score (nSPS) is 16.2. The lowest BCUT2D eigenvalue weighted by atomic mass is 10.1. The van der Waals surface area contributed by atoms with Crippen LogP contribution in [0.2, 0.25) is 0 Å². The molecule has 0 aliphatic carbocycles. The minimum absolute atomic E-state index is 0.142. The zero-order chi connectivity index (χ0) is 17.5. The van der Waals surface area contributed by atoms with Gasteiger partial charge in [-0.25, -0.2) is 0 Å². The van der Waals surface area contributed by atoms with Gasteiger partial charge in [-0.3, -0.25) is 4.90 Å². The number of hydrogen-bond acceptors (Lipinski definition) is 3. The summed E-state index contributed by atoms with van der Waals surface area (Å²) in [5.41, 5.74) is 3.46. The van der Waals surface area contributed by atoms with Gasteiger partial charge in [-0.1, -0.05) is 48.5 Å². The number of para-hydroxylation sites is 1. The molecule has 0 bridgehead atoms. The van der Waals surface area contributed by atoms with Gasteiger partial charge in [-0.2, -0.15) is 0 Å². The molecular formula is C20H25N3OS. The highest BCUT2D eigenvalue weighted by molar-refractivity contribution is 7.80. The minimum atomic E-state index is 0.142. The van der Waals surface area contributed by atoms with Crippen molar-refractivity contribution >= 4 is 23.0 Å². The van der Waals surface area contributed by atoms with Gasteiger partial charge >= 0.3 is 0 Å². The summed E-state index contributed by atoms with van der Waals surface area (Å²) in [4.78, 5) is 2.42. The predicted molar refractivity (Wildman–Crippen MR) is 107 cm³/mol. The maximum absolute atomic E-state index is 5.57. The van der Waals surface area contributed by atoms with Crippen LogP contribution in [-0.2, 0) is 4.74 Å². The molecule has 0 radical (unpaired) electrons. The lowest BCUT2D eigenvalue weighted by Gasteiger charge is -2.31. The Bertz CT molecular complexity index is 686. The Morgan fingerprint density at radius 3 is 2.48 bits per heavy atom. The van der Waals surface area contributed by atoms with Crippen LogP contribution in [-0.4, -0.2) is 42.9 Å². The fourth-order valence-electron chi connectivity index (χ4n) is 2.99. The molecule has 1 atom stereocenters. The SMILES string of the molecule is Cc1ccccc1NC(=S)N[C@H](CN1CCOCC1)c1ccccc1. The number of thiocarbonyl (C=S) groups is 1. The summed E-state index contributed by atoms with van der Waals surface area (Å²) in [6.45, 7) is 6.50. The van der Waals surface area contributed by atoms with Crippen molar-refractivity contribution in [3.05, 3.63) is 65.7 Å². The second kappa shape index (κ2) is 8.94. The molecule has 3 rings (SSSR count). The standard InChI is InChI=1S/C20H25N3OS/c1-16-7-5-6-10-18(16)21-20(25)22-19(17-8-3-2-4-9-17)15-23-11-13-24-14-12-23/h2-10,19H,11-15H2,1H3,(H2,21,22,25)/t19-/m1/s1. The van der Waals surface area contributed by atoms with E-state index in [2.05, 4.69) is 52.8 Å². The number of aryl methyl sites for hydroxylation is 1. The maximum atomic E-state index is 5.57. The number of anilines is 1. The molecule has 0 spiro atoms. The van der Waals surface area contributed by atoms with Gasteiger partial charge in [0.05, 0.1) is 19.3 Å². The Morgan fingerprint density at radius 1 is 1.08 bits per heavy atom. The van der Waals surface area contributed by atoms with E-state index in [9.17, 15) is 0 Å². The highest BCUT2D eigenvalue weighted by Gasteiger charge is 2.19. The van der Waals surface area contributed by atoms with Crippen molar-refractivity contribution in [3.8, 4) is 0 Å².